The molecule has 0 bridgehead atoms. The van der Waals surface area contributed by atoms with E-state index in [0.29, 0.717) is 17.5 Å². The van der Waals surface area contributed by atoms with Gasteiger partial charge in [0.2, 0.25) is 0 Å². The van der Waals surface area contributed by atoms with Gasteiger partial charge in [-0.2, -0.15) is 0 Å². The molecule has 0 aliphatic heterocycles. The van der Waals surface area contributed by atoms with Crippen molar-refractivity contribution in [3.05, 3.63) is 176 Å². The Morgan fingerprint density at radius 3 is 1.66 bits per heavy atom. The highest BCUT2D eigenvalue weighted by molar-refractivity contribution is 6.18. The molecule has 0 spiro atoms. The summed E-state index contributed by atoms with van der Waals surface area (Å²) in [7, 11) is 0. The molecule has 0 unspecified atom stereocenters. The van der Waals surface area contributed by atoms with Crippen LogP contribution in [-0.2, 0) is 0 Å². The second-order valence-corrected chi connectivity index (χ2v) is 13.6. The molecule has 0 fully saturated rings. The molecular weight excluding hydrogens is 647 g/mol. The summed E-state index contributed by atoms with van der Waals surface area (Å²) in [5.74, 6) is 1.83. The number of furan rings is 1. The maximum atomic E-state index is 6.80. The third-order valence-electron chi connectivity index (χ3n) is 10.5. The summed E-state index contributed by atoms with van der Waals surface area (Å²) in [5, 5.41) is 11.4. The Hall–Kier alpha value is -7.17. The Balaban J connectivity index is 1.19. The lowest BCUT2D eigenvalue weighted by Gasteiger charge is -2.12. The molecule has 0 radical (unpaired) electrons. The zero-order valence-electron chi connectivity index (χ0n) is 28.5. The molecule has 53 heavy (non-hydrogen) atoms. The molecule has 9 aromatic carbocycles. The fourth-order valence-corrected chi connectivity index (χ4v) is 7.83. The third kappa shape index (κ3) is 4.88. The Labute approximate surface area is 304 Å². The molecule has 0 amide bonds. The van der Waals surface area contributed by atoms with Crippen molar-refractivity contribution in [3.63, 3.8) is 0 Å². The Bertz CT molecular complexity index is 3240. The number of hydrogen-bond donors (Lipinski definition) is 0. The molecule has 0 aliphatic rings. The first kappa shape index (κ1) is 29.5. The quantitative estimate of drug-likeness (QED) is 0.174. The van der Waals surface area contributed by atoms with Crippen LogP contribution in [0.4, 0.5) is 0 Å². The van der Waals surface area contributed by atoms with Gasteiger partial charge in [-0.05, 0) is 85.1 Å². The number of hydrogen-bond acceptors (Lipinski definition) is 4. The van der Waals surface area contributed by atoms with E-state index in [1.165, 1.54) is 21.5 Å². The summed E-state index contributed by atoms with van der Waals surface area (Å²) in [6.07, 6.45) is 0. The number of nitrogens with zero attached hydrogens (tertiary/aromatic N) is 3. The first-order valence-corrected chi connectivity index (χ1v) is 17.8. The first-order chi connectivity index (χ1) is 26.2. The number of fused-ring (bicyclic) bond motifs is 8. The zero-order chi connectivity index (χ0) is 34.9. The Morgan fingerprint density at radius 2 is 0.868 bits per heavy atom. The van der Waals surface area contributed by atoms with Gasteiger partial charge in [-0.25, -0.2) is 15.0 Å². The predicted octanol–water partition coefficient (Wildman–Crippen LogP) is 13.1. The molecule has 2 heterocycles. The molecule has 246 valence electrons. The highest BCUT2D eigenvalue weighted by Gasteiger charge is 2.21. The van der Waals surface area contributed by atoms with Crippen LogP contribution in [0.25, 0.3) is 110 Å². The van der Waals surface area contributed by atoms with Crippen molar-refractivity contribution in [3.8, 4) is 45.3 Å². The normalized spacial score (nSPS) is 11.8. The van der Waals surface area contributed by atoms with Gasteiger partial charge in [0.05, 0.1) is 0 Å². The van der Waals surface area contributed by atoms with E-state index in [-0.39, 0.29) is 0 Å². The van der Waals surface area contributed by atoms with Crippen LogP contribution < -0.4 is 0 Å². The van der Waals surface area contributed by atoms with E-state index in [4.69, 9.17) is 19.4 Å². The van der Waals surface area contributed by atoms with E-state index < -0.39 is 0 Å². The minimum atomic E-state index is 0.595. The molecular formula is C49H29N3O. The summed E-state index contributed by atoms with van der Waals surface area (Å²) in [4.78, 5) is 15.7. The van der Waals surface area contributed by atoms with Crippen molar-refractivity contribution in [1.29, 1.82) is 0 Å². The summed E-state index contributed by atoms with van der Waals surface area (Å²) in [6.45, 7) is 0. The van der Waals surface area contributed by atoms with Gasteiger partial charge < -0.3 is 4.42 Å². The SMILES string of the molecule is c1ccc(-c2ccc(-c3nc(-c4ccc5ccccc5c4)nc(-c4ccc5c(ccc6ccccc65)c4)n3)c3c2oc2cc4ccccc4cc23)cc1. The summed E-state index contributed by atoms with van der Waals surface area (Å²) in [6, 6.07) is 61.6. The van der Waals surface area contributed by atoms with Crippen LogP contribution in [0.3, 0.4) is 0 Å². The van der Waals surface area contributed by atoms with E-state index in [1.807, 2.05) is 6.07 Å². The molecule has 0 N–H and O–H groups in total. The highest BCUT2D eigenvalue weighted by atomic mass is 16.3. The third-order valence-corrected chi connectivity index (χ3v) is 10.5. The fourth-order valence-electron chi connectivity index (χ4n) is 7.83. The highest BCUT2D eigenvalue weighted by Crippen LogP contribution is 2.43. The van der Waals surface area contributed by atoms with Gasteiger partial charge in [0.1, 0.15) is 11.2 Å². The Kier molecular flexibility index (Phi) is 6.52. The van der Waals surface area contributed by atoms with Gasteiger partial charge in [-0.15, -0.1) is 0 Å². The lowest BCUT2D eigenvalue weighted by Crippen LogP contribution is -2.01. The van der Waals surface area contributed by atoms with Crippen LogP contribution in [0.15, 0.2) is 180 Å². The summed E-state index contributed by atoms with van der Waals surface area (Å²) < 4.78 is 6.80. The molecule has 0 atom stereocenters. The van der Waals surface area contributed by atoms with Crippen molar-refractivity contribution in [1.82, 2.24) is 15.0 Å². The minimum absolute atomic E-state index is 0.595. The van der Waals surface area contributed by atoms with E-state index in [0.717, 1.165) is 71.3 Å². The predicted molar refractivity (Wildman–Crippen MR) is 219 cm³/mol. The average molecular weight is 676 g/mol. The smallest absolute Gasteiger partial charge is 0.164 e. The van der Waals surface area contributed by atoms with E-state index in [1.54, 1.807) is 0 Å². The van der Waals surface area contributed by atoms with Crippen LogP contribution in [0.5, 0.6) is 0 Å². The van der Waals surface area contributed by atoms with Crippen molar-refractivity contribution in [2.24, 2.45) is 0 Å². The van der Waals surface area contributed by atoms with Crippen molar-refractivity contribution >= 4 is 65.0 Å². The van der Waals surface area contributed by atoms with Gasteiger partial charge in [-0.1, -0.05) is 140 Å². The molecule has 11 rings (SSSR count). The molecule has 4 heteroatoms. The first-order valence-electron chi connectivity index (χ1n) is 17.8. The lowest BCUT2D eigenvalue weighted by molar-refractivity contribution is 0.670. The van der Waals surface area contributed by atoms with Crippen LogP contribution in [0.2, 0.25) is 0 Å². The van der Waals surface area contributed by atoms with Crippen LogP contribution >= 0.6 is 0 Å². The van der Waals surface area contributed by atoms with Crippen molar-refractivity contribution in [2.45, 2.75) is 0 Å². The van der Waals surface area contributed by atoms with Gasteiger partial charge in [0, 0.05) is 33.0 Å². The van der Waals surface area contributed by atoms with E-state index >= 15 is 0 Å². The summed E-state index contributed by atoms with van der Waals surface area (Å²) in [5.41, 5.74) is 6.50. The van der Waals surface area contributed by atoms with Crippen LogP contribution in [0, 0.1) is 0 Å². The van der Waals surface area contributed by atoms with Crippen molar-refractivity contribution in [2.75, 3.05) is 0 Å². The van der Waals surface area contributed by atoms with Crippen molar-refractivity contribution < 1.29 is 4.42 Å². The van der Waals surface area contributed by atoms with E-state index in [2.05, 4.69) is 170 Å². The number of benzene rings is 9. The molecule has 2 aromatic heterocycles. The fraction of sp³-hybridized carbons (Fsp3) is 0. The molecule has 0 saturated carbocycles. The van der Waals surface area contributed by atoms with Gasteiger partial charge in [0.25, 0.3) is 0 Å². The van der Waals surface area contributed by atoms with Gasteiger partial charge in [-0.3, -0.25) is 0 Å². The van der Waals surface area contributed by atoms with Gasteiger partial charge in [0.15, 0.2) is 17.5 Å². The van der Waals surface area contributed by atoms with Crippen LogP contribution in [-0.4, -0.2) is 15.0 Å². The molecule has 4 nitrogen and oxygen atoms in total. The largest absolute Gasteiger partial charge is 0.455 e. The second-order valence-electron chi connectivity index (χ2n) is 13.6. The average Bonchev–Trinajstić information content (AvgIpc) is 3.60. The van der Waals surface area contributed by atoms with Crippen LogP contribution in [0.1, 0.15) is 0 Å². The van der Waals surface area contributed by atoms with E-state index in [9.17, 15) is 0 Å². The van der Waals surface area contributed by atoms with Gasteiger partial charge >= 0.3 is 0 Å². The topological polar surface area (TPSA) is 51.8 Å². The number of rotatable bonds is 4. The summed E-state index contributed by atoms with van der Waals surface area (Å²) >= 11 is 0. The second kappa shape index (κ2) is 11.7. The maximum Gasteiger partial charge on any atom is 0.164 e. The zero-order valence-corrected chi connectivity index (χ0v) is 28.5. The standard InChI is InChI=1S/C49H29N3O/c1-2-11-31(12-3-1)41-24-25-42(45-43-28-34-15-6-7-16-35(34)29-44(43)53-46(41)45)49-51-47(37-21-18-30-10-4-5-14-33(30)26-37)50-48(52-49)38-22-23-40-36(27-38)20-19-32-13-8-9-17-39(32)40/h1-29H. The monoisotopic (exact) mass is 675 g/mol. The minimum Gasteiger partial charge on any atom is -0.455 e. The molecule has 11 aromatic rings. The molecule has 0 saturated heterocycles. The Morgan fingerprint density at radius 1 is 0.321 bits per heavy atom. The lowest BCUT2D eigenvalue weighted by atomic mass is 9.97. The maximum absolute atomic E-state index is 6.80. The number of aromatic nitrogens is 3. The molecule has 0 aliphatic carbocycles.